The van der Waals surface area contributed by atoms with Crippen LogP contribution in [-0.4, -0.2) is 113 Å². The number of aliphatic carboxylic acids is 4. The third-order valence-electron chi connectivity index (χ3n) is 29.3. The van der Waals surface area contributed by atoms with E-state index in [0.717, 1.165) is 264 Å². The number of aryl methyl sites for hydroxylation is 1. The maximum atomic E-state index is 14.2. The summed E-state index contributed by atoms with van der Waals surface area (Å²) in [6, 6.07) is 66.9. The number of ketones is 1. The van der Waals surface area contributed by atoms with Gasteiger partial charge < -0.3 is 59.0 Å². The van der Waals surface area contributed by atoms with Gasteiger partial charge in [-0.1, -0.05) is 103 Å². The number of rotatable bonds is 23. The van der Waals surface area contributed by atoms with Gasteiger partial charge in [-0.25, -0.2) is 17.6 Å². The quantitative estimate of drug-likeness (QED) is 0.0294. The molecule has 21 nitrogen and oxygen atoms in total. The van der Waals surface area contributed by atoms with Crippen LogP contribution >= 0.6 is 0 Å². The van der Waals surface area contributed by atoms with E-state index in [1.807, 2.05) is 167 Å². The largest absolute Gasteiger partial charge is 1.00 e. The first-order valence-corrected chi connectivity index (χ1v) is 47.9. The number of nitrogens with zero attached hydrogens (tertiary/aromatic N) is 8. The van der Waals surface area contributed by atoms with Gasteiger partial charge in [-0.05, 0) is 315 Å². The van der Waals surface area contributed by atoms with Crippen molar-refractivity contribution in [1.82, 2.24) is 48.8 Å². The van der Waals surface area contributed by atoms with E-state index >= 15 is 0 Å². The molecule has 7 heterocycles. The van der Waals surface area contributed by atoms with Crippen LogP contribution in [0.5, 0.6) is 0 Å². The zero-order valence-corrected chi connectivity index (χ0v) is 81.4. The van der Waals surface area contributed by atoms with Crippen LogP contribution in [0, 0.1) is 63.8 Å². The van der Waals surface area contributed by atoms with Crippen LogP contribution in [0.15, 0.2) is 218 Å². The molecule has 710 valence electrons. The number of carbonyl (C=O) groups is 7. The summed E-state index contributed by atoms with van der Waals surface area (Å²) in [5.41, 5.74) is 18.1. The number of carboxylic acids is 4. The van der Waals surface area contributed by atoms with E-state index < -0.39 is 23.9 Å². The SMILES string of the molecule is CC(=O)N(Cc1ccc2ccccc2n1)C1CCC(c2c(C)n(CC(=O)O)c3ccc(F)cc23)CC1.Cc1c(C2CCC(C(=O)Cc3ccc4ccccc4n3)CC2)c2cc(F)ccc2n1CC(=O)O.Cc1c(C2CCC(NCc3ccc4ccccc4n3)CC2)c2cc(F)ccc2n1CC(=O)[O-].Cc1cccc2c(C(=O)NC3CCC(c4c(C)n(CC(=O)O)c5ccc(F)cc45)CC3)cccc12.[Na+]. The van der Waals surface area contributed by atoms with Crippen molar-refractivity contribution in [2.45, 2.75) is 232 Å². The zero-order chi connectivity index (χ0) is 96.9. The molecule has 0 radical (unpaired) electrons. The van der Waals surface area contributed by atoms with E-state index in [1.165, 1.54) is 42.5 Å². The third kappa shape index (κ3) is 22.1. The molecule has 0 atom stereocenters. The minimum absolute atomic E-state index is 0. The molecule has 139 heavy (non-hydrogen) atoms. The summed E-state index contributed by atoms with van der Waals surface area (Å²) in [6.07, 6.45) is 14.2. The Hall–Kier alpha value is -13.2. The average Bonchev–Trinajstić information content (AvgIpc) is 1.65. The Morgan fingerprint density at radius 2 is 0.748 bits per heavy atom. The van der Waals surface area contributed by atoms with Gasteiger partial charge in [0.1, 0.15) is 48.7 Å². The summed E-state index contributed by atoms with van der Waals surface area (Å²) in [7, 11) is 0. The molecule has 0 bridgehead atoms. The van der Waals surface area contributed by atoms with Gasteiger partial charge in [0.15, 0.2) is 0 Å². The van der Waals surface area contributed by atoms with Gasteiger partial charge in [0.05, 0.1) is 47.0 Å². The molecule has 26 heteroatoms. The number of fused-ring (bicyclic) bond motifs is 8. The van der Waals surface area contributed by atoms with Gasteiger partial charge in [-0.3, -0.25) is 43.7 Å². The molecular weight excluding hydrogens is 1770 g/mol. The number of aromatic nitrogens is 7. The predicted molar refractivity (Wildman–Crippen MR) is 527 cm³/mol. The van der Waals surface area contributed by atoms with Crippen molar-refractivity contribution in [3.05, 3.63) is 315 Å². The smallest absolute Gasteiger partial charge is 0.548 e. The van der Waals surface area contributed by atoms with E-state index in [0.29, 0.717) is 24.6 Å². The number of halogens is 4. The van der Waals surface area contributed by atoms with E-state index in [4.69, 9.17) is 9.97 Å². The molecule has 0 saturated heterocycles. The van der Waals surface area contributed by atoms with Crippen molar-refractivity contribution in [1.29, 1.82) is 0 Å². The molecule has 0 aliphatic heterocycles. The standard InChI is InChI=1S/C29H30FN3O3.C29H29FN2O3.C28H27FN2O3.C27H28FN3O2.Na/c1-18-29(25-15-22(30)10-14-27(25)32(18)17-28(35)36)21-8-12-24(13-9-21)33(19(2)34)16-23-11-7-20-5-3-4-6-26(20)31-23;1-17-5-3-7-23-22(17)6-4-8-24(23)29(35)31-21-12-9-19(10-13-21)28-18(2)32(16-27(33)34)26-14-11-20(30)15-25(26)28;1-17-28(23-14-21(29)11-13-25(23)31(17)16-27(33)34)20-8-6-19(7-9-20)26(32)15-22-12-10-18-4-2-3-5-24(18)30-22;1-17-27(23-14-20(28)9-13-25(23)31(17)16-26(32)33)19-7-10-21(11-8-19)29-15-22-12-6-18-4-2-3-5-24(18)30-22;/h3-7,10-11,14-15,21,24H,8-9,12-13,16-17H2,1-2H3,(H,35,36);3-8,11,14-15,19,21H,9-10,12-13,16H2,1-2H3,(H,31,35)(H,33,34);2-5,10-14,19-20H,6-9,15-16H2,1H3,(H,33,34);2-6,9,12-14,19,21,29H,7-8,10-11,15-16H2,1H3,(H,32,33);/q;;;;+1/p-1. The third-order valence-corrected chi connectivity index (χ3v) is 29.3. The van der Waals surface area contributed by atoms with Crippen LogP contribution in [-0.2, 0) is 74.5 Å². The monoisotopic (exact) mass is 1880 g/mol. The minimum atomic E-state index is -1.14. The Bertz CT molecular complexity index is 7360. The summed E-state index contributed by atoms with van der Waals surface area (Å²) >= 11 is 0. The molecular formula is C113H113F4N10NaO11. The predicted octanol–water partition coefficient (Wildman–Crippen LogP) is 18.9. The Labute approximate surface area is 825 Å². The number of carboxylic acid groups (broad SMARTS) is 4. The maximum absolute atomic E-state index is 14.2. The van der Waals surface area contributed by atoms with Gasteiger partial charge in [0, 0.05) is 138 Å². The number of carbonyl (C=O) groups excluding carboxylic acids is 4. The summed E-state index contributed by atoms with van der Waals surface area (Å²) in [6.45, 7) is 11.9. The van der Waals surface area contributed by atoms with Gasteiger partial charge >= 0.3 is 47.5 Å². The minimum Gasteiger partial charge on any atom is -0.548 e. The van der Waals surface area contributed by atoms with Gasteiger partial charge in [-0.2, -0.15) is 0 Å². The summed E-state index contributed by atoms with van der Waals surface area (Å²) in [4.78, 5) is 101. The first kappa shape index (κ1) is 98.8. The Morgan fingerprint density at radius 1 is 0.388 bits per heavy atom. The molecule has 2 amide bonds. The Morgan fingerprint density at radius 3 is 1.17 bits per heavy atom. The summed E-state index contributed by atoms with van der Waals surface area (Å²) in [5.74, 6) is -4.13. The van der Waals surface area contributed by atoms with Crippen LogP contribution in [0.4, 0.5) is 17.6 Å². The van der Waals surface area contributed by atoms with Crippen molar-refractivity contribution in [3.63, 3.8) is 0 Å². The van der Waals surface area contributed by atoms with E-state index in [9.17, 15) is 71.5 Å². The molecule has 5 N–H and O–H groups in total. The van der Waals surface area contributed by atoms with Crippen LogP contribution in [0.3, 0.4) is 0 Å². The van der Waals surface area contributed by atoms with Crippen molar-refractivity contribution < 1.29 is 101 Å². The first-order chi connectivity index (χ1) is 66.5. The molecule has 4 aliphatic carbocycles. The van der Waals surface area contributed by atoms with Crippen LogP contribution in [0.2, 0.25) is 0 Å². The van der Waals surface area contributed by atoms with Crippen molar-refractivity contribution >= 4 is 129 Å². The molecule has 0 unspecified atom stereocenters. The van der Waals surface area contributed by atoms with Crippen LogP contribution in [0.25, 0.3) is 87.1 Å². The summed E-state index contributed by atoms with van der Waals surface area (Å²) in [5, 5.41) is 54.9. The fourth-order valence-corrected chi connectivity index (χ4v) is 22.6. The fourth-order valence-electron chi connectivity index (χ4n) is 22.6. The topological polar surface area (TPSA) is 289 Å². The van der Waals surface area contributed by atoms with Crippen molar-refractivity contribution in [2.24, 2.45) is 5.92 Å². The number of pyridine rings is 3. The molecule has 4 aliphatic rings. The van der Waals surface area contributed by atoms with Gasteiger partial charge in [-0.15, -0.1) is 0 Å². The van der Waals surface area contributed by atoms with Crippen molar-refractivity contribution in [3.8, 4) is 0 Å². The molecule has 4 fully saturated rings. The molecule has 20 rings (SSSR count). The van der Waals surface area contributed by atoms with Crippen molar-refractivity contribution in [2.75, 3.05) is 0 Å². The van der Waals surface area contributed by atoms with Gasteiger partial charge in [0.2, 0.25) is 5.91 Å². The normalized spacial score (nSPS) is 18.2. The molecule has 7 aromatic heterocycles. The second-order valence-corrected chi connectivity index (χ2v) is 37.8. The number of Topliss-reactive ketones (excluding diaryl/α,β-unsaturated/α-hetero) is 1. The second kappa shape index (κ2) is 43.5. The fraction of sp³-hybridized carbons (Fsp3) is 0.327. The molecule has 9 aromatic carbocycles. The summed E-state index contributed by atoms with van der Waals surface area (Å²) < 4.78 is 63.5. The molecule has 0 spiro atoms. The zero-order valence-electron chi connectivity index (χ0n) is 79.4. The van der Waals surface area contributed by atoms with Crippen LogP contribution in [0.1, 0.15) is 211 Å². The van der Waals surface area contributed by atoms with E-state index in [2.05, 4.69) is 33.8 Å². The first-order valence-electron chi connectivity index (χ1n) is 47.9. The number of nitrogens with one attached hydrogen (secondary N) is 2. The number of hydrogen-bond donors (Lipinski definition) is 5. The van der Waals surface area contributed by atoms with Gasteiger partial charge in [0.25, 0.3) is 5.91 Å². The van der Waals surface area contributed by atoms with Crippen LogP contribution < -0.4 is 45.3 Å². The molecule has 4 saturated carbocycles. The number of hydrogen-bond acceptors (Lipinski definition) is 12. The Kier molecular flexibility index (Phi) is 30.9. The van der Waals surface area contributed by atoms with E-state index in [1.54, 1.807) is 55.5 Å². The Balaban J connectivity index is 0.000000134. The second-order valence-electron chi connectivity index (χ2n) is 37.8. The molecule has 16 aromatic rings. The number of para-hydroxylation sites is 3. The number of benzene rings is 9. The van der Waals surface area contributed by atoms with E-state index in [-0.39, 0.29) is 138 Å². The average molecular weight is 1890 g/mol. The maximum Gasteiger partial charge on any atom is 1.00 e. The number of amides is 2.